The number of unbranched alkanes of at least 4 members (excludes halogenated alkanes) is 12. The first-order valence-electron chi connectivity index (χ1n) is 19.9. The summed E-state index contributed by atoms with van der Waals surface area (Å²) in [5.41, 5.74) is 4.44. The third-order valence-electron chi connectivity index (χ3n) is 9.60. The highest BCUT2D eigenvalue weighted by molar-refractivity contribution is 5.70. The van der Waals surface area contributed by atoms with Gasteiger partial charge < -0.3 is 18.9 Å². The Labute approximate surface area is 319 Å². The normalized spacial score (nSPS) is 11.9. The van der Waals surface area contributed by atoms with Gasteiger partial charge in [0, 0.05) is 24.3 Å². The van der Waals surface area contributed by atoms with Crippen molar-refractivity contribution in [2.24, 2.45) is 9.98 Å². The minimum absolute atomic E-state index is 0.0283. The third kappa shape index (κ3) is 14.6. The second-order valence-corrected chi connectivity index (χ2v) is 13.6. The summed E-state index contributed by atoms with van der Waals surface area (Å²) in [6, 6.07) is 21.1. The lowest BCUT2D eigenvalue weighted by molar-refractivity contribution is 0.111. The highest BCUT2D eigenvalue weighted by Crippen LogP contribution is 2.24. The first-order valence-corrected chi connectivity index (χ1v) is 19.9. The fourth-order valence-corrected chi connectivity index (χ4v) is 6.46. The molecule has 0 radical (unpaired) electrons. The lowest BCUT2D eigenvalue weighted by Gasteiger charge is -2.10. The van der Waals surface area contributed by atoms with E-state index in [-0.39, 0.29) is 12.2 Å². The van der Waals surface area contributed by atoms with Gasteiger partial charge in [-0.25, -0.2) is 0 Å². The molecule has 0 aliphatic carbocycles. The number of hydrogen-bond donors (Lipinski definition) is 0. The molecule has 1 aliphatic rings. The van der Waals surface area contributed by atoms with Crippen LogP contribution in [-0.4, -0.2) is 45.3 Å². The molecule has 0 saturated carbocycles. The summed E-state index contributed by atoms with van der Waals surface area (Å²) in [6.45, 7) is 18.5. The van der Waals surface area contributed by atoms with E-state index in [4.69, 9.17) is 28.9 Å². The molecule has 3 aromatic carbocycles. The molecule has 0 atom stereocenters. The Morgan fingerprint density at radius 3 is 1.09 bits per heavy atom. The van der Waals surface area contributed by atoms with E-state index in [9.17, 15) is 0 Å². The number of ether oxygens (including phenoxy) is 4. The van der Waals surface area contributed by atoms with E-state index in [1.54, 1.807) is 24.3 Å². The second kappa shape index (κ2) is 24.9. The van der Waals surface area contributed by atoms with Crippen molar-refractivity contribution >= 4 is 0 Å². The number of nitrogens with zero attached hydrogens (tertiary/aromatic N) is 2. The monoisotopic (exact) mass is 718 g/mol. The van der Waals surface area contributed by atoms with E-state index in [0.29, 0.717) is 6.67 Å². The Morgan fingerprint density at radius 2 is 0.755 bits per heavy atom. The van der Waals surface area contributed by atoms with Gasteiger partial charge in [-0.2, -0.15) is 0 Å². The van der Waals surface area contributed by atoms with Crippen molar-refractivity contribution in [3.8, 4) is 33.8 Å². The van der Waals surface area contributed by atoms with Crippen LogP contribution in [0.25, 0.3) is 22.3 Å². The van der Waals surface area contributed by atoms with Gasteiger partial charge in [-0.1, -0.05) is 125 Å². The minimum Gasteiger partial charge on any atom is -0.494 e. The Kier molecular flexibility index (Phi) is 19.5. The van der Waals surface area contributed by atoms with Crippen molar-refractivity contribution in [1.29, 1.82) is 0 Å². The van der Waals surface area contributed by atoms with Gasteiger partial charge in [0.2, 0.25) is 0 Å². The highest BCUT2D eigenvalue weighted by Gasteiger charge is 2.12. The topological polar surface area (TPSA) is 61.6 Å². The summed E-state index contributed by atoms with van der Waals surface area (Å²) >= 11 is 0. The van der Waals surface area contributed by atoms with Crippen LogP contribution in [0.4, 0.5) is 0 Å². The van der Waals surface area contributed by atoms with Gasteiger partial charge in [-0.3, -0.25) is 9.98 Å². The molecule has 284 valence electrons. The van der Waals surface area contributed by atoms with E-state index in [0.717, 1.165) is 96.6 Å². The van der Waals surface area contributed by atoms with Crippen molar-refractivity contribution in [3.05, 3.63) is 122 Å². The molecule has 1 heterocycles. The fourth-order valence-electron chi connectivity index (χ4n) is 6.46. The third-order valence-corrected chi connectivity index (χ3v) is 9.60. The van der Waals surface area contributed by atoms with Crippen LogP contribution < -0.4 is 20.2 Å². The number of hydrogen-bond acceptors (Lipinski definition) is 6. The predicted octanol–water partition coefficient (Wildman–Crippen LogP) is 11.0. The molecule has 6 heteroatoms. The Hall–Kier alpha value is -4.26. The fraction of sp³-hybridized carbons (Fsp3) is 0.447. The van der Waals surface area contributed by atoms with Crippen LogP contribution in [0.1, 0.15) is 89.9 Å². The predicted molar refractivity (Wildman–Crippen MR) is 220 cm³/mol. The summed E-state index contributed by atoms with van der Waals surface area (Å²) < 4.78 is 23.5. The summed E-state index contributed by atoms with van der Waals surface area (Å²) in [4.78, 5) is 9.55. The van der Waals surface area contributed by atoms with Crippen molar-refractivity contribution in [1.82, 2.24) is 0 Å². The van der Waals surface area contributed by atoms with Gasteiger partial charge in [0.05, 0.1) is 36.1 Å². The first-order chi connectivity index (χ1) is 26.2. The maximum atomic E-state index is 6.06. The standard InChI is InChI=1S/C47H62N2O4/c1-5-40(6-2)50-33-19-15-11-9-13-17-21-35-52-42-27-23-38(24-28-42)44-31-32-45(47-46(44)48-37-49-47)39-25-29-43(30-26-39)53-36-22-18-14-10-12-16-20-34-51-41(7-3)8-4/h5-8,23-32,40-41H,1-4,9-22,33-37H2. The van der Waals surface area contributed by atoms with Crippen molar-refractivity contribution < 1.29 is 18.9 Å². The van der Waals surface area contributed by atoms with Crippen molar-refractivity contribution in [3.63, 3.8) is 0 Å². The lowest BCUT2D eigenvalue weighted by Crippen LogP contribution is -2.26. The van der Waals surface area contributed by atoms with E-state index < -0.39 is 0 Å². The van der Waals surface area contributed by atoms with Gasteiger partial charge in [0.1, 0.15) is 18.2 Å². The number of benzene rings is 3. The van der Waals surface area contributed by atoms with Crippen LogP contribution in [0.2, 0.25) is 0 Å². The molecule has 0 amide bonds. The van der Waals surface area contributed by atoms with E-state index in [1.165, 1.54) is 64.2 Å². The van der Waals surface area contributed by atoms with Gasteiger partial charge in [0.25, 0.3) is 0 Å². The average molecular weight is 719 g/mol. The smallest absolute Gasteiger partial charge is 0.130 e. The molecule has 0 aromatic heterocycles. The van der Waals surface area contributed by atoms with Crippen LogP contribution in [-0.2, 0) is 9.47 Å². The maximum Gasteiger partial charge on any atom is 0.130 e. The molecule has 1 aliphatic heterocycles. The maximum absolute atomic E-state index is 6.06. The van der Waals surface area contributed by atoms with Crippen molar-refractivity contribution in [2.45, 2.75) is 102 Å². The summed E-state index contributed by atoms with van der Waals surface area (Å²) in [6.07, 6.45) is 23.7. The second-order valence-electron chi connectivity index (χ2n) is 13.6. The first kappa shape index (κ1) is 41.5. The molecule has 0 unspecified atom stereocenters. The molecule has 6 nitrogen and oxygen atoms in total. The summed E-state index contributed by atoms with van der Waals surface area (Å²) in [5, 5.41) is 1.92. The molecular formula is C47H62N2O4. The Balaban J connectivity index is 1.12. The molecule has 53 heavy (non-hydrogen) atoms. The molecular weight excluding hydrogens is 657 g/mol. The molecule has 0 bridgehead atoms. The van der Waals surface area contributed by atoms with Gasteiger partial charge in [-0.05, 0) is 61.1 Å². The zero-order valence-electron chi connectivity index (χ0n) is 32.0. The van der Waals surface area contributed by atoms with Crippen LogP contribution in [0.3, 0.4) is 0 Å². The SMILES string of the molecule is C=CC(C=C)OCCCCCCCCCOc1ccc(-c2ccc(-c3ccc(OCCCCCCCCCOC(C=C)C=C)cc3)c3c2=NCN=3)cc1. The molecule has 4 rings (SSSR count). The summed E-state index contributed by atoms with van der Waals surface area (Å²) in [7, 11) is 0. The molecule has 0 saturated heterocycles. The van der Waals surface area contributed by atoms with Gasteiger partial charge in [-0.15, -0.1) is 26.3 Å². The zero-order valence-corrected chi connectivity index (χ0v) is 32.0. The molecule has 0 N–H and O–H groups in total. The van der Waals surface area contributed by atoms with E-state index in [2.05, 4.69) is 87.0 Å². The van der Waals surface area contributed by atoms with Crippen LogP contribution in [0, 0.1) is 0 Å². The van der Waals surface area contributed by atoms with Gasteiger partial charge in [0.15, 0.2) is 0 Å². The largest absolute Gasteiger partial charge is 0.494 e. The Morgan fingerprint density at radius 1 is 0.434 bits per heavy atom. The van der Waals surface area contributed by atoms with E-state index in [1.807, 2.05) is 0 Å². The van der Waals surface area contributed by atoms with Crippen LogP contribution in [0.15, 0.2) is 121 Å². The molecule has 0 fully saturated rings. The minimum atomic E-state index is -0.0283. The molecule has 3 aromatic rings. The zero-order chi connectivity index (χ0) is 37.4. The Bertz CT molecular complexity index is 1510. The lowest BCUT2D eigenvalue weighted by atomic mass is 9.98. The highest BCUT2D eigenvalue weighted by atomic mass is 16.5. The quantitative estimate of drug-likeness (QED) is 0.0508. The number of fused-ring (bicyclic) bond motifs is 1. The van der Waals surface area contributed by atoms with Crippen molar-refractivity contribution in [2.75, 3.05) is 33.1 Å². The average Bonchev–Trinajstić information content (AvgIpc) is 3.70. The van der Waals surface area contributed by atoms with Gasteiger partial charge >= 0.3 is 0 Å². The van der Waals surface area contributed by atoms with Crippen LogP contribution in [0.5, 0.6) is 11.5 Å². The van der Waals surface area contributed by atoms with Crippen LogP contribution >= 0.6 is 0 Å². The van der Waals surface area contributed by atoms with E-state index >= 15 is 0 Å². The number of rotatable bonds is 30. The summed E-state index contributed by atoms with van der Waals surface area (Å²) in [5.74, 6) is 1.81. The molecule has 0 spiro atoms.